The van der Waals surface area contributed by atoms with Crippen molar-refractivity contribution in [1.29, 1.82) is 0 Å². The Morgan fingerprint density at radius 2 is 1.94 bits per heavy atom. The van der Waals surface area contributed by atoms with E-state index >= 15 is 0 Å². The van der Waals surface area contributed by atoms with Gasteiger partial charge in [-0.1, -0.05) is 38.1 Å². The van der Waals surface area contributed by atoms with Crippen LogP contribution >= 0.6 is 0 Å². The van der Waals surface area contributed by atoms with Crippen molar-refractivity contribution in [3.8, 4) is 0 Å². The van der Waals surface area contributed by atoms with E-state index in [-0.39, 0.29) is 18.9 Å². The second-order valence-electron chi connectivity index (χ2n) is 4.80. The highest BCUT2D eigenvalue weighted by molar-refractivity contribution is 7.89. The highest BCUT2D eigenvalue weighted by Gasteiger charge is 2.10. The third-order valence-corrected chi connectivity index (χ3v) is 3.99. The SMILES string of the molecule is CC(C)CCS(=O)(=O)NCc1cccc(CO)c1. The summed E-state index contributed by atoms with van der Waals surface area (Å²) in [4.78, 5) is 0. The summed E-state index contributed by atoms with van der Waals surface area (Å²) < 4.78 is 26.0. The summed E-state index contributed by atoms with van der Waals surface area (Å²) in [5.41, 5.74) is 1.64. The summed E-state index contributed by atoms with van der Waals surface area (Å²) in [6.07, 6.45) is 0.659. The number of hydrogen-bond donors (Lipinski definition) is 2. The first-order chi connectivity index (χ1) is 8.43. The van der Waals surface area contributed by atoms with Gasteiger partial charge in [-0.15, -0.1) is 0 Å². The van der Waals surface area contributed by atoms with Gasteiger partial charge in [-0.3, -0.25) is 0 Å². The Bertz CT molecular complexity index is 469. The molecule has 0 bridgehead atoms. The van der Waals surface area contributed by atoms with Gasteiger partial charge in [0, 0.05) is 6.54 Å². The summed E-state index contributed by atoms with van der Waals surface area (Å²) in [5, 5.41) is 9.00. The van der Waals surface area contributed by atoms with Crippen LogP contribution in [0, 0.1) is 5.92 Å². The summed E-state index contributed by atoms with van der Waals surface area (Å²) in [5.74, 6) is 0.531. The minimum absolute atomic E-state index is 0.0338. The van der Waals surface area contributed by atoms with Crippen molar-refractivity contribution in [3.05, 3.63) is 35.4 Å². The lowest BCUT2D eigenvalue weighted by atomic mass is 10.1. The number of aliphatic hydroxyl groups excluding tert-OH is 1. The number of benzene rings is 1. The second-order valence-corrected chi connectivity index (χ2v) is 6.73. The van der Waals surface area contributed by atoms with Gasteiger partial charge in [0.15, 0.2) is 0 Å². The Balaban J connectivity index is 2.53. The highest BCUT2D eigenvalue weighted by atomic mass is 32.2. The average molecular weight is 271 g/mol. The van der Waals surface area contributed by atoms with E-state index in [0.29, 0.717) is 12.3 Å². The molecule has 0 heterocycles. The maximum Gasteiger partial charge on any atom is 0.211 e. The van der Waals surface area contributed by atoms with Gasteiger partial charge in [-0.25, -0.2) is 13.1 Å². The van der Waals surface area contributed by atoms with Gasteiger partial charge in [0.25, 0.3) is 0 Å². The number of aliphatic hydroxyl groups is 1. The molecule has 1 rings (SSSR count). The van der Waals surface area contributed by atoms with Gasteiger partial charge >= 0.3 is 0 Å². The minimum Gasteiger partial charge on any atom is -0.392 e. The minimum atomic E-state index is -3.21. The lowest BCUT2D eigenvalue weighted by Gasteiger charge is -2.09. The van der Waals surface area contributed by atoms with Crippen molar-refractivity contribution in [2.24, 2.45) is 5.92 Å². The van der Waals surface area contributed by atoms with E-state index in [1.54, 1.807) is 12.1 Å². The van der Waals surface area contributed by atoms with Gasteiger partial charge in [0.2, 0.25) is 10.0 Å². The fourth-order valence-electron chi connectivity index (χ4n) is 1.49. The van der Waals surface area contributed by atoms with E-state index in [4.69, 9.17) is 5.11 Å². The molecule has 0 aliphatic heterocycles. The molecule has 0 atom stereocenters. The monoisotopic (exact) mass is 271 g/mol. The van der Waals surface area contributed by atoms with Crippen molar-refractivity contribution < 1.29 is 13.5 Å². The molecule has 4 nitrogen and oxygen atoms in total. The lowest BCUT2D eigenvalue weighted by Crippen LogP contribution is -2.26. The first kappa shape index (κ1) is 15.1. The number of sulfonamides is 1. The molecule has 0 amide bonds. The van der Waals surface area contributed by atoms with Crippen LogP contribution in [-0.4, -0.2) is 19.3 Å². The van der Waals surface area contributed by atoms with E-state index in [1.165, 1.54) is 0 Å². The lowest BCUT2D eigenvalue weighted by molar-refractivity contribution is 0.281. The summed E-state index contributed by atoms with van der Waals surface area (Å²) >= 11 is 0. The largest absolute Gasteiger partial charge is 0.392 e. The fourth-order valence-corrected chi connectivity index (χ4v) is 2.81. The third kappa shape index (κ3) is 5.62. The van der Waals surface area contributed by atoms with Crippen LogP contribution in [-0.2, 0) is 23.2 Å². The molecule has 0 spiro atoms. The molecule has 0 fully saturated rings. The van der Waals surface area contributed by atoms with Gasteiger partial charge in [-0.2, -0.15) is 0 Å². The Labute approximate surface area is 109 Å². The Kier molecular flexibility index (Phi) is 5.78. The molecular weight excluding hydrogens is 250 g/mol. The maximum absolute atomic E-state index is 11.7. The van der Waals surface area contributed by atoms with Crippen molar-refractivity contribution in [3.63, 3.8) is 0 Å². The zero-order valence-electron chi connectivity index (χ0n) is 10.9. The van der Waals surface area contributed by atoms with E-state index < -0.39 is 10.0 Å². The molecule has 2 N–H and O–H groups in total. The molecule has 102 valence electrons. The molecule has 0 unspecified atom stereocenters. The van der Waals surface area contributed by atoms with Crippen LogP contribution in [0.1, 0.15) is 31.4 Å². The standard InChI is InChI=1S/C13H21NO3S/c1-11(2)6-7-18(16,17)14-9-12-4-3-5-13(8-12)10-15/h3-5,8,11,14-15H,6-7,9-10H2,1-2H3. The van der Waals surface area contributed by atoms with E-state index in [0.717, 1.165) is 11.1 Å². The molecule has 5 heteroatoms. The molecular formula is C13H21NO3S. The van der Waals surface area contributed by atoms with Crippen LogP contribution in [0.5, 0.6) is 0 Å². The van der Waals surface area contributed by atoms with Crippen LogP contribution in [0.15, 0.2) is 24.3 Å². The quantitative estimate of drug-likeness (QED) is 0.792. The molecule has 0 aliphatic rings. The van der Waals surface area contributed by atoms with Crippen LogP contribution < -0.4 is 4.72 Å². The molecule has 18 heavy (non-hydrogen) atoms. The van der Waals surface area contributed by atoms with Crippen LogP contribution in [0.4, 0.5) is 0 Å². The first-order valence-electron chi connectivity index (χ1n) is 6.09. The third-order valence-electron chi connectivity index (χ3n) is 2.63. The molecule has 0 aromatic heterocycles. The maximum atomic E-state index is 11.7. The number of hydrogen-bond acceptors (Lipinski definition) is 3. The molecule has 1 aromatic rings. The molecule has 1 aromatic carbocycles. The van der Waals surface area contributed by atoms with Gasteiger partial charge in [-0.05, 0) is 23.5 Å². The van der Waals surface area contributed by atoms with Gasteiger partial charge in [0.1, 0.15) is 0 Å². The normalized spacial score (nSPS) is 12.0. The van der Waals surface area contributed by atoms with Crippen LogP contribution in [0.3, 0.4) is 0 Å². The van der Waals surface area contributed by atoms with E-state index in [9.17, 15) is 8.42 Å². The topological polar surface area (TPSA) is 66.4 Å². The number of rotatable bonds is 7. The van der Waals surface area contributed by atoms with Crippen molar-refractivity contribution in [1.82, 2.24) is 4.72 Å². The smallest absolute Gasteiger partial charge is 0.211 e. The first-order valence-corrected chi connectivity index (χ1v) is 7.74. The average Bonchev–Trinajstić information content (AvgIpc) is 2.35. The van der Waals surface area contributed by atoms with Crippen molar-refractivity contribution >= 4 is 10.0 Å². The van der Waals surface area contributed by atoms with Crippen molar-refractivity contribution in [2.45, 2.75) is 33.4 Å². The van der Waals surface area contributed by atoms with E-state index in [2.05, 4.69) is 4.72 Å². The number of nitrogens with one attached hydrogen (secondary N) is 1. The second kappa shape index (κ2) is 6.87. The van der Waals surface area contributed by atoms with Crippen LogP contribution in [0.2, 0.25) is 0 Å². The predicted molar refractivity (Wildman–Crippen MR) is 72.4 cm³/mol. The zero-order valence-corrected chi connectivity index (χ0v) is 11.7. The Morgan fingerprint density at radius 3 is 2.56 bits per heavy atom. The summed E-state index contributed by atoms with van der Waals surface area (Å²) in [6, 6.07) is 7.25. The Hall–Kier alpha value is -0.910. The molecule has 0 saturated heterocycles. The Morgan fingerprint density at radius 1 is 1.28 bits per heavy atom. The van der Waals surface area contributed by atoms with Crippen LogP contribution in [0.25, 0.3) is 0 Å². The van der Waals surface area contributed by atoms with Crippen molar-refractivity contribution in [2.75, 3.05) is 5.75 Å². The summed E-state index contributed by atoms with van der Waals surface area (Å²) in [7, 11) is -3.21. The fraction of sp³-hybridized carbons (Fsp3) is 0.538. The molecule has 0 saturated carbocycles. The zero-order chi connectivity index (χ0) is 13.6. The van der Waals surface area contributed by atoms with Gasteiger partial charge in [0.05, 0.1) is 12.4 Å². The van der Waals surface area contributed by atoms with Gasteiger partial charge < -0.3 is 5.11 Å². The van der Waals surface area contributed by atoms with E-state index in [1.807, 2.05) is 26.0 Å². The summed E-state index contributed by atoms with van der Waals surface area (Å²) in [6.45, 7) is 4.24. The molecule has 0 radical (unpaired) electrons. The predicted octanol–water partition coefficient (Wildman–Crippen LogP) is 1.64. The highest BCUT2D eigenvalue weighted by Crippen LogP contribution is 2.06. The molecule has 0 aliphatic carbocycles.